The summed E-state index contributed by atoms with van der Waals surface area (Å²) in [5, 5.41) is 1.68. The van der Waals surface area contributed by atoms with Crippen LogP contribution >= 0.6 is 15.9 Å². The molecule has 0 bridgehead atoms. The fourth-order valence-electron chi connectivity index (χ4n) is 1.54. The molecular weight excluding hydrogens is 361 g/mol. The van der Waals surface area contributed by atoms with Crippen LogP contribution in [0.5, 0.6) is 0 Å². The molecule has 1 amide bonds. The van der Waals surface area contributed by atoms with Crippen LogP contribution in [0.3, 0.4) is 0 Å². The highest BCUT2D eigenvalue weighted by atomic mass is 79.9. The Hall–Kier alpha value is -1.96. The van der Waals surface area contributed by atoms with Gasteiger partial charge in [0.1, 0.15) is 11.5 Å². The Kier molecular flexibility index (Phi) is 4.26. The summed E-state index contributed by atoms with van der Waals surface area (Å²) < 4.78 is 65.9. The minimum Gasteiger partial charge on any atom is -0.317 e. The molecule has 0 aromatic heterocycles. The molecule has 0 aliphatic rings. The first-order valence-corrected chi connectivity index (χ1v) is 6.20. The van der Waals surface area contributed by atoms with E-state index in [9.17, 15) is 26.7 Å². The molecule has 2 rings (SSSR count). The number of carbonyl (C=O) groups is 1. The third-order valence-electron chi connectivity index (χ3n) is 2.55. The van der Waals surface area contributed by atoms with Crippen LogP contribution in [0.1, 0.15) is 10.4 Å². The molecule has 8 heteroatoms. The molecule has 2 aromatic rings. The van der Waals surface area contributed by atoms with Crippen molar-refractivity contribution in [2.45, 2.75) is 0 Å². The van der Waals surface area contributed by atoms with Gasteiger partial charge in [-0.25, -0.2) is 22.0 Å². The Bertz CT molecular complexity index is 709. The van der Waals surface area contributed by atoms with Gasteiger partial charge in [-0.15, -0.1) is 0 Å². The summed E-state index contributed by atoms with van der Waals surface area (Å²) >= 11 is 2.79. The van der Waals surface area contributed by atoms with E-state index in [1.54, 1.807) is 5.32 Å². The van der Waals surface area contributed by atoms with Crippen molar-refractivity contribution in [2.24, 2.45) is 0 Å². The van der Waals surface area contributed by atoms with Crippen molar-refractivity contribution >= 4 is 27.5 Å². The second-order valence-corrected chi connectivity index (χ2v) is 4.69. The molecule has 0 atom stereocenters. The van der Waals surface area contributed by atoms with Crippen molar-refractivity contribution in [1.29, 1.82) is 0 Å². The van der Waals surface area contributed by atoms with Crippen LogP contribution in [0.25, 0.3) is 0 Å². The summed E-state index contributed by atoms with van der Waals surface area (Å²) in [7, 11) is 0. The van der Waals surface area contributed by atoms with E-state index < -0.39 is 40.7 Å². The lowest BCUT2D eigenvalue weighted by atomic mass is 10.2. The number of rotatable bonds is 2. The van der Waals surface area contributed by atoms with Crippen LogP contribution < -0.4 is 5.32 Å². The minimum atomic E-state index is -1.75. The quantitative estimate of drug-likeness (QED) is 0.620. The standard InChI is InChI=1S/C13H5BrF5NO/c14-9-5(2-1-3-6(9)15)13(21)20-12-10(18)7(16)4-8(17)11(12)19/h1-4H,(H,20,21). The molecule has 0 fully saturated rings. The van der Waals surface area contributed by atoms with Gasteiger partial charge in [-0.3, -0.25) is 4.79 Å². The third kappa shape index (κ3) is 2.90. The van der Waals surface area contributed by atoms with Crippen molar-refractivity contribution in [3.8, 4) is 0 Å². The topological polar surface area (TPSA) is 29.1 Å². The van der Waals surface area contributed by atoms with Gasteiger partial charge in [0.2, 0.25) is 0 Å². The zero-order valence-electron chi connectivity index (χ0n) is 9.99. The lowest BCUT2D eigenvalue weighted by molar-refractivity contribution is 0.102. The lowest BCUT2D eigenvalue weighted by Gasteiger charge is -2.10. The Morgan fingerprint density at radius 3 is 2.10 bits per heavy atom. The number of carbonyl (C=O) groups excluding carboxylic acids is 1. The molecule has 0 heterocycles. The van der Waals surface area contributed by atoms with Crippen molar-refractivity contribution in [2.75, 3.05) is 5.32 Å². The minimum absolute atomic E-state index is 0.0123. The molecule has 2 aromatic carbocycles. The number of anilines is 1. The van der Waals surface area contributed by atoms with Gasteiger partial charge in [-0.05, 0) is 28.1 Å². The maximum absolute atomic E-state index is 13.4. The highest BCUT2D eigenvalue weighted by Crippen LogP contribution is 2.26. The molecule has 110 valence electrons. The molecule has 1 N–H and O–H groups in total. The molecule has 0 aliphatic carbocycles. The maximum Gasteiger partial charge on any atom is 0.257 e. The van der Waals surface area contributed by atoms with E-state index in [1.807, 2.05) is 0 Å². The summed E-state index contributed by atoms with van der Waals surface area (Å²) in [5.41, 5.74) is -1.58. The first-order valence-electron chi connectivity index (χ1n) is 5.41. The van der Waals surface area contributed by atoms with E-state index in [1.165, 1.54) is 6.07 Å². The number of nitrogens with one attached hydrogen (secondary N) is 1. The van der Waals surface area contributed by atoms with Crippen LogP contribution in [-0.2, 0) is 0 Å². The summed E-state index contributed by atoms with van der Waals surface area (Å²) in [6.45, 7) is 0. The highest BCUT2D eigenvalue weighted by Gasteiger charge is 2.22. The van der Waals surface area contributed by atoms with Gasteiger partial charge in [0, 0.05) is 6.07 Å². The van der Waals surface area contributed by atoms with Gasteiger partial charge in [-0.1, -0.05) is 6.07 Å². The van der Waals surface area contributed by atoms with Gasteiger partial charge >= 0.3 is 0 Å². The van der Waals surface area contributed by atoms with Gasteiger partial charge in [0.05, 0.1) is 10.0 Å². The fourth-order valence-corrected chi connectivity index (χ4v) is 1.99. The Morgan fingerprint density at radius 2 is 1.52 bits per heavy atom. The van der Waals surface area contributed by atoms with Gasteiger partial charge in [0.15, 0.2) is 23.3 Å². The normalized spacial score (nSPS) is 10.6. The average molecular weight is 366 g/mol. The summed E-state index contributed by atoms with van der Waals surface area (Å²) in [4.78, 5) is 11.8. The maximum atomic E-state index is 13.4. The number of halogens is 6. The van der Waals surface area contributed by atoms with Gasteiger partial charge in [-0.2, -0.15) is 0 Å². The molecule has 2 nitrogen and oxygen atoms in total. The highest BCUT2D eigenvalue weighted by molar-refractivity contribution is 9.10. The first-order chi connectivity index (χ1) is 9.82. The fraction of sp³-hybridized carbons (Fsp3) is 0. The molecule has 21 heavy (non-hydrogen) atoms. The summed E-state index contributed by atoms with van der Waals surface area (Å²) in [6.07, 6.45) is 0. The molecule has 0 radical (unpaired) electrons. The Morgan fingerprint density at radius 1 is 0.952 bits per heavy atom. The largest absolute Gasteiger partial charge is 0.317 e. The van der Waals surface area contributed by atoms with Crippen molar-refractivity contribution in [3.63, 3.8) is 0 Å². The van der Waals surface area contributed by atoms with E-state index >= 15 is 0 Å². The van der Waals surface area contributed by atoms with E-state index in [-0.39, 0.29) is 16.1 Å². The third-order valence-corrected chi connectivity index (χ3v) is 3.35. The van der Waals surface area contributed by atoms with Crippen LogP contribution in [-0.4, -0.2) is 5.91 Å². The van der Waals surface area contributed by atoms with Gasteiger partial charge in [0.25, 0.3) is 5.91 Å². The lowest BCUT2D eigenvalue weighted by Crippen LogP contribution is -2.16. The van der Waals surface area contributed by atoms with Crippen LogP contribution in [0, 0.1) is 29.1 Å². The molecule has 0 aliphatic heterocycles. The summed E-state index contributed by atoms with van der Waals surface area (Å²) in [5.74, 6) is -8.76. The van der Waals surface area contributed by atoms with Crippen LogP contribution in [0.2, 0.25) is 0 Å². The predicted molar refractivity (Wildman–Crippen MR) is 68.3 cm³/mol. The molecule has 0 saturated heterocycles. The smallest absolute Gasteiger partial charge is 0.257 e. The number of benzene rings is 2. The van der Waals surface area contributed by atoms with Crippen molar-refractivity contribution < 1.29 is 26.7 Å². The van der Waals surface area contributed by atoms with E-state index in [0.29, 0.717) is 0 Å². The Balaban J connectivity index is 2.43. The van der Waals surface area contributed by atoms with Crippen molar-refractivity contribution in [1.82, 2.24) is 0 Å². The van der Waals surface area contributed by atoms with Crippen molar-refractivity contribution in [3.05, 3.63) is 63.4 Å². The zero-order valence-corrected chi connectivity index (χ0v) is 11.6. The summed E-state index contributed by atoms with van der Waals surface area (Å²) in [6, 6.07) is 3.41. The van der Waals surface area contributed by atoms with E-state index in [0.717, 1.165) is 12.1 Å². The number of hydrogen-bond acceptors (Lipinski definition) is 1. The first kappa shape index (κ1) is 15.4. The van der Waals surface area contributed by atoms with E-state index in [4.69, 9.17) is 0 Å². The molecule has 0 spiro atoms. The number of amides is 1. The monoisotopic (exact) mass is 365 g/mol. The van der Waals surface area contributed by atoms with Crippen LogP contribution in [0.4, 0.5) is 27.6 Å². The molecular formula is C13H5BrF5NO. The van der Waals surface area contributed by atoms with E-state index in [2.05, 4.69) is 15.9 Å². The van der Waals surface area contributed by atoms with Crippen LogP contribution in [0.15, 0.2) is 28.7 Å². The number of hydrogen-bond donors (Lipinski definition) is 1. The molecule has 0 saturated carbocycles. The SMILES string of the molecule is O=C(Nc1c(F)c(F)cc(F)c1F)c1cccc(F)c1Br. The predicted octanol–water partition coefficient (Wildman–Crippen LogP) is 4.40. The van der Waals surface area contributed by atoms with Gasteiger partial charge < -0.3 is 5.32 Å². The average Bonchev–Trinajstić information content (AvgIpc) is 2.44. The Labute approximate surface area is 123 Å². The second kappa shape index (κ2) is 5.80. The molecule has 0 unspecified atom stereocenters. The second-order valence-electron chi connectivity index (χ2n) is 3.90. The zero-order chi connectivity index (χ0) is 15.7.